The van der Waals surface area contributed by atoms with Crippen LogP contribution < -0.4 is 5.32 Å². The van der Waals surface area contributed by atoms with Crippen LogP contribution in [0.15, 0.2) is 34.2 Å². The minimum Gasteiger partial charge on any atom is -0.361 e. The molecule has 4 heterocycles. The number of aryl methyl sites for hydroxylation is 2. The van der Waals surface area contributed by atoms with Crippen molar-refractivity contribution in [2.24, 2.45) is 0 Å². The predicted octanol–water partition coefficient (Wildman–Crippen LogP) is 2.39. The number of nitrogens with zero attached hydrogens (tertiary/aromatic N) is 5. The number of nitrogens with one attached hydrogen (secondary N) is 1. The van der Waals surface area contributed by atoms with Crippen molar-refractivity contribution < 1.29 is 9.32 Å². The number of hydrogen-bond donors (Lipinski definition) is 1. The highest BCUT2D eigenvalue weighted by molar-refractivity contribution is 7.13. The molecular weight excluding hydrogens is 340 g/mol. The van der Waals surface area contributed by atoms with Gasteiger partial charge in [0.1, 0.15) is 17.0 Å². The third-order valence-electron chi connectivity index (χ3n) is 3.77. The van der Waals surface area contributed by atoms with E-state index in [4.69, 9.17) is 4.52 Å². The van der Waals surface area contributed by atoms with Gasteiger partial charge in [0, 0.05) is 0 Å². The summed E-state index contributed by atoms with van der Waals surface area (Å²) in [4.78, 5) is 13.4. The number of hydrogen-bond acceptors (Lipinski definition) is 7. The summed E-state index contributed by atoms with van der Waals surface area (Å²) in [6.07, 6.45) is 0. The zero-order valence-electron chi connectivity index (χ0n) is 13.6. The van der Waals surface area contributed by atoms with Crippen LogP contribution >= 0.6 is 11.3 Å². The molecule has 0 aromatic carbocycles. The predicted molar refractivity (Wildman–Crippen MR) is 91.2 cm³/mol. The first-order valence-corrected chi connectivity index (χ1v) is 8.48. The van der Waals surface area contributed by atoms with E-state index in [1.807, 2.05) is 29.6 Å². The topological polar surface area (TPSA) is 98.2 Å². The summed E-state index contributed by atoms with van der Waals surface area (Å²) >= 11 is 1.61. The maximum absolute atomic E-state index is 12.3. The molecule has 4 aromatic rings. The molecule has 0 aliphatic carbocycles. The van der Waals surface area contributed by atoms with Gasteiger partial charge in [-0.3, -0.25) is 4.79 Å². The summed E-state index contributed by atoms with van der Waals surface area (Å²) in [6.45, 7) is 3.63. The molecule has 126 valence electrons. The summed E-state index contributed by atoms with van der Waals surface area (Å²) in [5, 5.41) is 21.4. The highest BCUT2D eigenvalue weighted by atomic mass is 32.1. The molecule has 0 bridgehead atoms. The summed E-state index contributed by atoms with van der Waals surface area (Å²) in [7, 11) is 0. The Morgan fingerprint density at radius 1 is 1.28 bits per heavy atom. The molecular formula is C16H14N6O2S. The van der Waals surface area contributed by atoms with Gasteiger partial charge >= 0.3 is 0 Å². The Hall–Kier alpha value is -3.07. The van der Waals surface area contributed by atoms with E-state index in [1.165, 1.54) is 0 Å². The number of aromatic nitrogens is 5. The van der Waals surface area contributed by atoms with Gasteiger partial charge in [-0.25, -0.2) is 0 Å². The van der Waals surface area contributed by atoms with Gasteiger partial charge in [-0.1, -0.05) is 11.2 Å². The van der Waals surface area contributed by atoms with Crippen molar-refractivity contribution in [3.8, 4) is 10.6 Å². The van der Waals surface area contributed by atoms with Gasteiger partial charge in [0.25, 0.3) is 5.91 Å². The first-order valence-electron chi connectivity index (χ1n) is 7.60. The van der Waals surface area contributed by atoms with Gasteiger partial charge in [0.15, 0.2) is 11.5 Å². The van der Waals surface area contributed by atoms with E-state index in [0.717, 1.165) is 10.6 Å². The van der Waals surface area contributed by atoms with Gasteiger partial charge in [0.05, 0.1) is 17.1 Å². The molecule has 0 aliphatic rings. The third kappa shape index (κ3) is 2.78. The van der Waals surface area contributed by atoms with Crippen molar-refractivity contribution in [1.29, 1.82) is 0 Å². The Morgan fingerprint density at radius 2 is 2.16 bits per heavy atom. The fourth-order valence-corrected chi connectivity index (χ4v) is 3.24. The van der Waals surface area contributed by atoms with Crippen molar-refractivity contribution in [3.05, 3.63) is 52.5 Å². The smallest absolute Gasteiger partial charge is 0.257 e. The van der Waals surface area contributed by atoms with Gasteiger partial charge in [0.2, 0.25) is 0 Å². The lowest BCUT2D eigenvalue weighted by atomic mass is 10.2. The van der Waals surface area contributed by atoms with Crippen LogP contribution in [-0.2, 0) is 6.54 Å². The van der Waals surface area contributed by atoms with Crippen molar-refractivity contribution in [3.63, 3.8) is 0 Å². The minimum atomic E-state index is -0.262. The minimum absolute atomic E-state index is 0.199. The number of rotatable bonds is 4. The Morgan fingerprint density at radius 3 is 2.88 bits per heavy atom. The standard InChI is InChI=1S/C16H14N6O2S/c1-9-15(10(2)24-21-9)16(23)17-8-14-19-18-13-6-5-11(20-22(13)14)12-4-3-7-25-12/h3-7H,8H2,1-2H3,(H,17,23). The van der Waals surface area contributed by atoms with E-state index in [0.29, 0.717) is 28.5 Å². The molecule has 0 unspecified atom stereocenters. The molecule has 25 heavy (non-hydrogen) atoms. The van der Waals surface area contributed by atoms with E-state index in [9.17, 15) is 4.79 Å². The average molecular weight is 354 g/mol. The van der Waals surface area contributed by atoms with Crippen molar-refractivity contribution in [1.82, 2.24) is 30.3 Å². The third-order valence-corrected chi connectivity index (χ3v) is 4.66. The molecule has 1 N–H and O–H groups in total. The van der Waals surface area contributed by atoms with E-state index in [1.54, 1.807) is 29.7 Å². The first-order chi connectivity index (χ1) is 12.1. The van der Waals surface area contributed by atoms with Crippen LogP contribution in [0.4, 0.5) is 0 Å². The van der Waals surface area contributed by atoms with Crippen LogP contribution in [0.3, 0.4) is 0 Å². The maximum Gasteiger partial charge on any atom is 0.257 e. The lowest BCUT2D eigenvalue weighted by Gasteiger charge is -2.04. The van der Waals surface area contributed by atoms with Gasteiger partial charge < -0.3 is 9.84 Å². The fraction of sp³-hybridized carbons (Fsp3) is 0.188. The van der Waals surface area contributed by atoms with Crippen molar-refractivity contribution in [2.45, 2.75) is 20.4 Å². The number of carbonyl (C=O) groups excluding carboxylic acids is 1. The molecule has 4 aromatic heterocycles. The normalized spacial score (nSPS) is 11.1. The van der Waals surface area contributed by atoms with Gasteiger partial charge in [-0.2, -0.15) is 9.61 Å². The molecule has 0 fully saturated rings. The number of amides is 1. The van der Waals surface area contributed by atoms with E-state index >= 15 is 0 Å². The Kier molecular flexibility index (Phi) is 3.77. The summed E-state index contributed by atoms with van der Waals surface area (Å²) < 4.78 is 6.67. The molecule has 0 radical (unpaired) electrons. The molecule has 0 spiro atoms. The van der Waals surface area contributed by atoms with Crippen LogP contribution in [0.5, 0.6) is 0 Å². The molecule has 0 saturated heterocycles. The molecule has 0 atom stereocenters. The van der Waals surface area contributed by atoms with Crippen LogP contribution in [0.25, 0.3) is 16.2 Å². The molecule has 1 amide bonds. The highest BCUT2D eigenvalue weighted by Gasteiger charge is 2.18. The van der Waals surface area contributed by atoms with Crippen LogP contribution in [0, 0.1) is 13.8 Å². The first kappa shape index (κ1) is 15.5. The zero-order chi connectivity index (χ0) is 17.4. The summed E-state index contributed by atoms with van der Waals surface area (Å²) in [5.74, 6) is 0.773. The highest BCUT2D eigenvalue weighted by Crippen LogP contribution is 2.22. The van der Waals surface area contributed by atoms with Crippen LogP contribution in [0.1, 0.15) is 27.6 Å². The molecule has 0 aliphatic heterocycles. The van der Waals surface area contributed by atoms with Crippen LogP contribution in [-0.4, -0.2) is 30.9 Å². The van der Waals surface area contributed by atoms with Crippen molar-refractivity contribution in [2.75, 3.05) is 0 Å². The monoisotopic (exact) mass is 354 g/mol. The number of carbonyl (C=O) groups is 1. The second-order valence-corrected chi connectivity index (χ2v) is 6.41. The maximum atomic E-state index is 12.3. The average Bonchev–Trinajstić information content (AvgIpc) is 3.33. The molecule has 4 rings (SSSR count). The zero-order valence-corrected chi connectivity index (χ0v) is 14.4. The largest absolute Gasteiger partial charge is 0.361 e. The lowest BCUT2D eigenvalue weighted by molar-refractivity contribution is 0.0947. The summed E-state index contributed by atoms with van der Waals surface area (Å²) in [5.41, 5.74) is 2.46. The number of thiophene rings is 1. The van der Waals surface area contributed by atoms with E-state index < -0.39 is 0 Å². The van der Waals surface area contributed by atoms with Gasteiger partial charge in [-0.05, 0) is 37.4 Å². The second-order valence-electron chi connectivity index (χ2n) is 5.46. The number of fused-ring (bicyclic) bond motifs is 1. The lowest BCUT2D eigenvalue weighted by Crippen LogP contribution is -2.25. The Balaban J connectivity index is 1.59. The van der Waals surface area contributed by atoms with Gasteiger partial charge in [-0.15, -0.1) is 21.5 Å². The van der Waals surface area contributed by atoms with E-state index in [2.05, 4.69) is 25.8 Å². The molecule has 9 heteroatoms. The second kappa shape index (κ2) is 6.10. The van der Waals surface area contributed by atoms with Crippen molar-refractivity contribution >= 4 is 22.9 Å². The Labute approximate surface area is 146 Å². The SMILES string of the molecule is Cc1noc(C)c1C(=O)NCc1nnc2ccc(-c3cccs3)nn12. The Bertz CT molecular complexity index is 1030. The van der Waals surface area contributed by atoms with E-state index in [-0.39, 0.29) is 12.5 Å². The fourth-order valence-electron chi connectivity index (χ4n) is 2.55. The quantitative estimate of drug-likeness (QED) is 0.604. The van der Waals surface area contributed by atoms with Crippen LogP contribution in [0.2, 0.25) is 0 Å². The molecule has 8 nitrogen and oxygen atoms in total. The summed E-state index contributed by atoms with van der Waals surface area (Å²) in [6, 6.07) is 7.74. The molecule has 0 saturated carbocycles.